The summed E-state index contributed by atoms with van der Waals surface area (Å²) in [5.41, 5.74) is 2.52. The van der Waals surface area contributed by atoms with E-state index in [4.69, 9.17) is 0 Å². The Bertz CT molecular complexity index is 580. The third-order valence-electron chi connectivity index (χ3n) is 5.19. The standard InChI is InChI=1S/C20H28N2O2/c23-19-8-5-16(6-9-19)4-7-18-3-1-2-14-22(18)20(24)15-17-10-12-21-13-11-17/h5-6,8-10,18,21,23H,1-4,7,11-15H2/t18-/m0/s1. The van der Waals surface area contributed by atoms with E-state index < -0.39 is 0 Å². The van der Waals surface area contributed by atoms with E-state index >= 15 is 0 Å². The molecule has 1 atom stereocenters. The predicted molar refractivity (Wildman–Crippen MR) is 96.0 cm³/mol. The minimum atomic E-state index is 0.304. The molecule has 1 amide bonds. The molecule has 0 bridgehead atoms. The third kappa shape index (κ3) is 4.60. The smallest absolute Gasteiger partial charge is 0.226 e. The van der Waals surface area contributed by atoms with Gasteiger partial charge in [-0.1, -0.05) is 23.8 Å². The Hall–Kier alpha value is -1.81. The summed E-state index contributed by atoms with van der Waals surface area (Å²) in [6, 6.07) is 7.79. The van der Waals surface area contributed by atoms with Crippen LogP contribution in [0.5, 0.6) is 5.75 Å². The highest BCUT2D eigenvalue weighted by Gasteiger charge is 2.26. The molecule has 130 valence electrons. The fourth-order valence-electron chi connectivity index (χ4n) is 3.75. The molecular formula is C20H28N2O2. The van der Waals surface area contributed by atoms with Gasteiger partial charge in [0.25, 0.3) is 0 Å². The zero-order valence-corrected chi connectivity index (χ0v) is 14.3. The molecule has 1 aromatic carbocycles. The first-order valence-corrected chi connectivity index (χ1v) is 9.18. The van der Waals surface area contributed by atoms with Gasteiger partial charge in [-0.15, -0.1) is 0 Å². The van der Waals surface area contributed by atoms with E-state index in [1.54, 1.807) is 12.1 Å². The number of piperidine rings is 1. The summed E-state index contributed by atoms with van der Waals surface area (Å²) in [7, 11) is 0. The topological polar surface area (TPSA) is 52.6 Å². The summed E-state index contributed by atoms with van der Waals surface area (Å²) in [4.78, 5) is 14.9. The predicted octanol–water partition coefficient (Wildman–Crippen LogP) is 3.02. The summed E-state index contributed by atoms with van der Waals surface area (Å²) in [6.07, 6.45) is 9.20. The van der Waals surface area contributed by atoms with Crippen LogP contribution >= 0.6 is 0 Å². The van der Waals surface area contributed by atoms with Crippen LogP contribution in [0.25, 0.3) is 0 Å². The number of hydrogen-bond acceptors (Lipinski definition) is 3. The van der Waals surface area contributed by atoms with Gasteiger partial charge in [-0.05, 0) is 62.8 Å². The lowest BCUT2D eigenvalue weighted by molar-refractivity contribution is -0.134. The van der Waals surface area contributed by atoms with Crippen LogP contribution < -0.4 is 5.32 Å². The van der Waals surface area contributed by atoms with Gasteiger partial charge < -0.3 is 15.3 Å². The lowest BCUT2D eigenvalue weighted by Crippen LogP contribution is -2.44. The van der Waals surface area contributed by atoms with Crippen molar-refractivity contribution < 1.29 is 9.90 Å². The minimum absolute atomic E-state index is 0.304. The number of phenols is 1. The highest BCUT2D eigenvalue weighted by molar-refractivity contribution is 5.79. The van der Waals surface area contributed by atoms with Gasteiger partial charge in [0, 0.05) is 25.6 Å². The summed E-state index contributed by atoms with van der Waals surface area (Å²) in [5.74, 6) is 0.613. The Morgan fingerprint density at radius 3 is 2.83 bits per heavy atom. The molecule has 2 aliphatic heterocycles. The number of rotatable bonds is 5. The van der Waals surface area contributed by atoms with E-state index in [1.807, 2.05) is 12.1 Å². The summed E-state index contributed by atoms with van der Waals surface area (Å²) in [6.45, 7) is 2.79. The van der Waals surface area contributed by atoms with Crippen molar-refractivity contribution in [3.63, 3.8) is 0 Å². The van der Waals surface area contributed by atoms with Gasteiger partial charge in [-0.3, -0.25) is 4.79 Å². The molecule has 1 saturated heterocycles. The number of likely N-dealkylation sites (tertiary alicyclic amines) is 1. The molecule has 4 nitrogen and oxygen atoms in total. The number of hydrogen-bond donors (Lipinski definition) is 2. The Balaban J connectivity index is 1.57. The average Bonchev–Trinajstić information content (AvgIpc) is 2.62. The molecule has 1 fully saturated rings. The number of nitrogens with zero attached hydrogens (tertiary/aromatic N) is 1. The molecule has 0 radical (unpaired) electrons. The molecule has 24 heavy (non-hydrogen) atoms. The van der Waals surface area contributed by atoms with Crippen LogP contribution in [-0.4, -0.2) is 41.6 Å². The molecule has 0 unspecified atom stereocenters. The molecule has 0 spiro atoms. The fourth-order valence-corrected chi connectivity index (χ4v) is 3.75. The lowest BCUT2D eigenvalue weighted by atomic mass is 9.94. The van der Waals surface area contributed by atoms with Gasteiger partial charge in [0.15, 0.2) is 0 Å². The van der Waals surface area contributed by atoms with E-state index in [9.17, 15) is 9.90 Å². The average molecular weight is 328 g/mol. The number of nitrogens with one attached hydrogen (secondary N) is 1. The van der Waals surface area contributed by atoms with Gasteiger partial charge >= 0.3 is 0 Å². The van der Waals surface area contributed by atoms with Crippen LogP contribution in [0.2, 0.25) is 0 Å². The number of aromatic hydroxyl groups is 1. The largest absolute Gasteiger partial charge is 0.508 e. The van der Waals surface area contributed by atoms with Crippen LogP contribution in [0, 0.1) is 0 Å². The van der Waals surface area contributed by atoms with E-state index in [2.05, 4.69) is 16.3 Å². The first kappa shape index (κ1) is 17.0. The monoisotopic (exact) mass is 328 g/mol. The molecule has 2 N–H and O–H groups in total. The van der Waals surface area contributed by atoms with Crippen LogP contribution in [0.1, 0.15) is 44.1 Å². The molecule has 2 heterocycles. The molecule has 1 aromatic rings. The normalized spacial score (nSPS) is 21.4. The van der Waals surface area contributed by atoms with Crippen molar-refractivity contribution in [1.82, 2.24) is 10.2 Å². The highest BCUT2D eigenvalue weighted by Crippen LogP contribution is 2.24. The van der Waals surface area contributed by atoms with Crippen molar-refractivity contribution in [3.05, 3.63) is 41.5 Å². The van der Waals surface area contributed by atoms with Crippen LogP contribution in [-0.2, 0) is 11.2 Å². The van der Waals surface area contributed by atoms with Crippen molar-refractivity contribution in [2.45, 2.75) is 51.0 Å². The molecule has 2 aliphatic rings. The van der Waals surface area contributed by atoms with Crippen molar-refractivity contribution >= 4 is 5.91 Å². The van der Waals surface area contributed by atoms with Gasteiger partial charge in [-0.2, -0.15) is 0 Å². The zero-order chi connectivity index (χ0) is 16.8. The summed E-state index contributed by atoms with van der Waals surface area (Å²) >= 11 is 0. The quantitative estimate of drug-likeness (QED) is 0.817. The first-order chi connectivity index (χ1) is 11.7. The van der Waals surface area contributed by atoms with Crippen molar-refractivity contribution in [3.8, 4) is 5.75 Å². The third-order valence-corrected chi connectivity index (χ3v) is 5.19. The fraction of sp³-hybridized carbons (Fsp3) is 0.550. The molecule has 0 aliphatic carbocycles. The maximum Gasteiger partial charge on any atom is 0.226 e. The minimum Gasteiger partial charge on any atom is -0.508 e. The Morgan fingerprint density at radius 2 is 2.08 bits per heavy atom. The van der Waals surface area contributed by atoms with Crippen LogP contribution in [0.4, 0.5) is 0 Å². The number of amides is 1. The van der Waals surface area contributed by atoms with E-state index in [1.165, 1.54) is 17.6 Å². The van der Waals surface area contributed by atoms with Crippen molar-refractivity contribution in [2.24, 2.45) is 0 Å². The molecule has 3 rings (SSSR count). The highest BCUT2D eigenvalue weighted by atomic mass is 16.3. The molecule has 0 saturated carbocycles. The zero-order valence-electron chi connectivity index (χ0n) is 14.3. The summed E-state index contributed by atoms with van der Waals surface area (Å²) in [5, 5.41) is 12.7. The number of carbonyl (C=O) groups excluding carboxylic acids is 1. The van der Waals surface area contributed by atoms with E-state index in [-0.39, 0.29) is 0 Å². The summed E-state index contributed by atoms with van der Waals surface area (Å²) < 4.78 is 0. The lowest BCUT2D eigenvalue weighted by Gasteiger charge is -2.36. The van der Waals surface area contributed by atoms with Crippen LogP contribution in [0.15, 0.2) is 35.9 Å². The Labute approximate surface area is 144 Å². The number of carbonyl (C=O) groups is 1. The second-order valence-electron chi connectivity index (χ2n) is 6.94. The van der Waals surface area contributed by atoms with E-state index in [0.29, 0.717) is 24.1 Å². The number of aryl methyl sites for hydroxylation is 1. The Morgan fingerprint density at radius 1 is 1.25 bits per heavy atom. The number of benzene rings is 1. The van der Waals surface area contributed by atoms with Gasteiger partial charge in [-0.25, -0.2) is 0 Å². The van der Waals surface area contributed by atoms with E-state index in [0.717, 1.165) is 51.7 Å². The molecular weight excluding hydrogens is 300 g/mol. The molecule has 0 aromatic heterocycles. The Kier molecular flexibility index (Phi) is 5.91. The van der Waals surface area contributed by atoms with Gasteiger partial charge in [0.1, 0.15) is 5.75 Å². The first-order valence-electron chi connectivity index (χ1n) is 9.18. The number of phenolic OH excluding ortho intramolecular Hbond substituents is 1. The van der Waals surface area contributed by atoms with Crippen molar-refractivity contribution in [1.29, 1.82) is 0 Å². The maximum atomic E-state index is 12.8. The van der Waals surface area contributed by atoms with Crippen LogP contribution in [0.3, 0.4) is 0 Å². The van der Waals surface area contributed by atoms with Gasteiger partial charge in [0.05, 0.1) is 0 Å². The second kappa shape index (κ2) is 8.34. The van der Waals surface area contributed by atoms with Crippen molar-refractivity contribution in [2.75, 3.05) is 19.6 Å². The maximum absolute atomic E-state index is 12.8. The molecule has 4 heteroatoms. The SMILES string of the molecule is O=C(CC1=CCNCC1)N1CCCC[C@H]1CCc1ccc(O)cc1. The second-order valence-corrected chi connectivity index (χ2v) is 6.94. The van der Waals surface area contributed by atoms with Gasteiger partial charge in [0.2, 0.25) is 5.91 Å².